The van der Waals surface area contributed by atoms with Crippen LogP contribution in [0.15, 0.2) is 36.6 Å². The van der Waals surface area contributed by atoms with Crippen LogP contribution in [0.5, 0.6) is 11.5 Å². The summed E-state index contributed by atoms with van der Waals surface area (Å²) in [6.45, 7) is 2.54. The average molecular weight is 769 g/mol. The van der Waals surface area contributed by atoms with Crippen LogP contribution in [-0.4, -0.2) is 154 Å². The number of carbonyl (C=O) groups is 3. The highest BCUT2D eigenvalue weighted by molar-refractivity contribution is 5.87. The predicted molar refractivity (Wildman–Crippen MR) is 174 cm³/mol. The maximum absolute atomic E-state index is 13.0. The molecule has 19 nitrogen and oxygen atoms in total. The molecule has 1 aliphatic carbocycles. The molecule has 16 unspecified atom stereocenters. The fourth-order valence-corrected chi connectivity index (χ4v) is 7.50. The van der Waals surface area contributed by atoms with Crippen LogP contribution in [-0.2, 0) is 57.0 Å². The third kappa shape index (κ3) is 7.65. The van der Waals surface area contributed by atoms with Crippen LogP contribution in [0.2, 0.25) is 0 Å². The van der Waals surface area contributed by atoms with Crippen molar-refractivity contribution in [1.82, 2.24) is 0 Å². The number of aliphatic hydroxyl groups is 5. The molecular formula is C35H44O19. The number of fused-ring (bicyclic) bond motifs is 3. The quantitative estimate of drug-likeness (QED) is 0.0604. The average Bonchev–Trinajstić information content (AvgIpc) is 3.81. The second kappa shape index (κ2) is 16.1. The Morgan fingerprint density at radius 3 is 2.24 bits per heavy atom. The molecule has 1 aromatic carbocycles. The second-order valence-corrected chi connectivity index (χ2v) is 13.5. The molecule has 3 saturated heterocycles. The molecule has 1 aromatic rings. The molecule has 0 bridgehead atoms. The number of hydrogen-bond acceptors (Lipinski definition) is 19. The van der Waals surface area contributed by atoms with Crippen molar-refractivity contribution in [2.45, 2.75) is 106 Å². The summed E-state index contributed by atoms with van der Waals surface area (Å²) in [4.78, 5) is 37.8. The molecule has 6 rings (SSSR count). The molecule has 0 radical (unpaired) electrons. The van der Waals surface area contributed by atoms with Gasteiger partial charge in [0, 0.05) is 25.8 Å². The molecule has 0 aromatic heterocycles. The molecule has 5 aliphatic rings. The van der Waals surface area contributed by atoms with Crippen LogP contribution in [0.25, 0.3) is 6.08 Å². The SMILES string of the molecule is COc1ccc(C=CC(=O)OC2C(C)OC(OC3C4C=COC(OC5OC(CO)C(O)C(O)C5O)C4C4(CO)OC34)C(OC(C)=O)C2OC(C)=O)cc1O. The lowest BCUT2D eigenvalue weighted by Crippen LogP contribution is -2.62. The van der Waals surface area contributed by atoms with E-state index in [1.165, 1.54) is 38.5 Å². The number of aromatic hydroxyl groups is 1. The van der Waals surface area contributed by atoms with Gasteiger partial charge in [0.1, 0.15) is 36.1 Å². The minimum Gasteiger partial charge on any atom is -0.504 e. The van der Waals surface area contributed by atoms with Gasteiger partial charge in [-0.05, 0) is 36.8 Å². The van der Waals surface area contributed by atoms with Gasteiger partial charge in [-0.1, -0.05) is 6.07 Å². The summed E-state index contributed by atoms with van der Waals surface area (Å²) in [6.07, 6.45) is -12.2. The van der Waals surface area contributed by atoms with Crippen molar-refractivity contribution in [3.8, 4) is 11.5 Å². The maximum atomic E-state index is 13.0. The van der Waals surface area contributed by atoms with Crippen LogP contribution in [0.4, 0.5) is 0 Å². The summed E-state index contributed by atoms with van der Waals surface area (Å²) in [7, 11) is 1.39. The predicted octanol–water partition coefficient (Wildman–Crippen LogP) is -1.62. The number of benzene rings is 1. The molecule has 298 valence electrons. The molecule has 4 fully saturated rings. The molecule has 19 heteroatoms. The third-order valence-corrected chi connectivity index (χ3v) is 10.1. The van der Waals surface area contributed by atoms with Gasteiger partial charge in [-0.2, -0.15) is 0 Å². The fourth-order valence-electron chi connectivity index (χ4n) is 7.50. The normalized spacial score (nSPS) is 40.9. The highest BCUT2D eigenvalue weighted by atomic mass is 16.8. The zero-order valence-electron chi connectivity index (χ0n) is 29.6. The summed E-state index contributed by atoms with van der Waals surface area (Å²) in [6, 6.07) is 4.47. The van der Waals surface area contributed by atoms with Gasteiger partial charge in [-0.3, -0.25) is 9.59 Å². The highest BCUT2D eigenvalue weighted by Crippen LogP contribution is 2.61. The molecule has 4 heterocycles. The van der Waals surface area contributed by atoms with Crippen molar-refractivity contribution in [3.63, 3.8) is 0 Å². The number of phenolic OH excluding ortho intramolecular Hbond substituents is 1. The summed E-state index contributed by atoms with van der Waals surface area (Å²) in [5, 5.41) is 61.3. The van der Waals surface area contributed by atoms with Crippen molar-refractivity contribution in [2.24, 2.45) is 11.8 Å². The molecular weight excluding hydrogens is 724 g/mol. The van der Waals surface area contributed by atoms with E-state index in [0.29, 0.717) is 5.56 Å². The van der Waals surface area contributed by atoms with Gasteiger partial charge in [0.25, 0.3) is 0 Å². The van der Waals surface area contributed by atoms with Crippen molar-refractivity contribution in [3.05, 3.63) is 42.2 Å². The number of rotatable bonds is 12. The molecule has 54 heavy (non-hydrogen) atoms. The van der Waals surface area contributed by atoms with Gasteiger partial charge in [-0.25, -0.2) is 4.79 Å². The Kier molecular flexibility index (Phi) is 11.8. The Labute approximate surface area is 308 Å². The van der Waals surface area contributed by atoms with Crippen molar-refractivity contribution >= 4 is 24.0 Å². The Morgan fingerprint density at radius 1 is 0.870 bits per heavy atom. The summed E-state index contributed by atoms with van der Waals surface area (Å²) in [5.41, 5.74) is -0.851. The van der Waals surface area contributed by atoms with E-state index in [4.69, 9.17) is 47.4 Å². The summed E-state index contributed by atoms with van der Waals surface area (Å²) < 4.78 is 57.6. The number of epoxide rings is 1. The molecule has 16 atom stereocenters. The van der Waals surface area contributed by atoms with Crippen LogP contribution >= 0.6 is 0 Å². The number of phenols is 1. The van der Waals surface area contributed by atoms with Gasteiger partial charge in [0.15, 0.2) is 42.4 Å². The van der Waals surface area contributed by atoms with E-state index in [2.05, 4.69) is 0 Å². The molecule has 4 aliphatic heterocycles. The van der Waals surface area contributed by atoms with E-state index in [0.717, 1.165) is 19.9 Å². The zero-order chi connectivity index (χ0) is 39.1. The van der Waals surface area contributed by atoms with Gasteiger partial charge in [-0.15, -0.1) is 0 Å². The van der Waals surface area contributed by atoms with Crippen LogP contribution in [0, 0.1) is 11.8 Å². The largest absolute Gasteiger partial charge is 0.504 e. The standard InChI is InChI=1S/C35H44O19/c1-14-27(51-22(41)8-6-17-5-7-20(45-4)19(40)11-17)29(48-15(2)38)30(49-16(3)39)34(47-14)52-28-18-9-10-46-32(23(18)35(13-37)31(28)54-35)53-33-26(44)25(43)24(42)21(12-36)50-33/h5-11,14,18,21,23-34,36-37,40,42-44H,12-13H2,1-4H3. The third-order valence-electron chi connectivity index (χ3n) is 10.1. The first-order valence-electron chi connectivity index (χ1n) is 17.2. The minimum atomic E-state index is -1.74. The van der Waals surface area contributed by atoms with Crippen molar-refractivity contribution < 1.29 is 92.4 Å². The van der Waals surface area contributed by atoms with Gasteiger partial charge in [0.2, 0.25) is 6.29 Å². The fraction of sp³-hybridized carbons (Fsp3) is 0.629. The van der Waals surface area contributed by atoms with E-state index in [9.17, 15) is 45.0 Å². The lowest BCUT2D eigenvalue weighted by molar-refractivity contribution is -0.347. The molecule has 0 amide bonds. The molecule has 1 saturated carbocycles. The number of ether oxygens (including phenoxy) is 10. The number of carbonyl (C=O) groups excluding carboxylic acids is 3. The van der Waals surface area contributed by atoms with Crippen molar-refractivity contribution in [1.29, 1.82) is 0 Å². The van der Waals surface area contributed by atoms with E-state index in [-0.39, 0.29) is 11.5 Å². The van der Waals surface area contributed by atoms with Crippen molar-refractivity contribution in [2.75, 3.05) is 20.3 Å². The lowest BCUT2D eigenvalue weighted by atomic mass is 9.85. The Bertz CT molecular complexity index is 1600. The topological polar surface area (TPSA) is 268 Å². The summed E-state index contributed by atoms with van der Waals surface area (Å²) in [5.74, 6) is -3.84. The van der Waals surface area contributed by atoms with Crippen LogP contribution in [0.1, 0.15) is 26.3 Å². The number of hydrogen-bond donors (Lipinski definition) is 6. The second-order valence-electron chi connectivity index (χ2n) is 13.5. The lowest BCUT2D eigenvalue weighted by Gasteiger charge is -2.45. The Balaban J connectivity index is 1.21. The van der Waals surface area contributed by atoms with E-state index < -0.39 is 128 Å². The first kappa shape index (κ1) is 39.8. The Morgan fingerprint density at radius 2 is 1.59 bits per heavy atom. The monoisotopic (exact) mass is 768 g/mol. The van der Waals surface area contributed by atoms with E-state index in [1.807, 2.05) is 0 Å². The first-order valence-corrected chi connectivity index (χ1v) is 17.2. The van der Waals surface area contributed by atoms with Gasteiger partial charge >= 0.3 is 17.9 Å². The smallest absolute Gasteiger partial charge is 0.331 e. The zero-order valence-corrected chi connectivity index (χ0v) is 29.6. The Hall–Kier alpha value is -3.89. The van der Waals surface area contributed by atoms with Gasteiger partial charge in [0.05, 0.1) is 44.7 Å². The van der Waals surface area contributed by atoms with Gasteiger partial charge < -0.3 is 78.0 Å². The molecule has 0 spiro atoms. The van der Waals surface area contributed by atoms with Crippen LogP contribution in [0.3, 0.4) is 0 Å². The van der Waals surface area contributed by atoms with E-state index >= 15 is 0 Å². The highest BCUT2D eigenvalue weighted by Gasteiger charge is 2.77. The maximum Gasteiger partial charge on any atom is 0.331 e. The minimum absolute atomic E-state index is 0.151. The molecule has 6 N–H and O–H groups in total. The number of methoxy groups -OCH3 is 1. The van der Waals surface area contributed by atoms with Crippen LogP contribution < -0.4 is 4.74 Å². The first-order chi connectivity index (χ1) is 25.7. The van der Waals surface area contributed by atoms with E-state index in [1.54, 1.807) is 12.1 Å². The summed E-state index contributed by atoms with van der Waals surface area (Å²) >= 11 is 0. The number of aliphatic hydroxyl groups excluding tert-OH is 5. The number of esters is 3.